The lowest BCUT2D eigenvalue weighted by Gasteiger charge is -2.28. The Hall–Kier alpha value is -4.22. The van der Waals surface area contributed by atoms with Gasteiger partial charge in [0.25, 0.3) is 0 Å². The molecule has 2 N–H and O–H groups in total. The van der Waals surface area contributed by atoms with E-state index in [4.69, 9.17) is 29.2 Å². The Balaban J connectivity index is 1.71. The molecule has 1 heterocycles. The van der Waals surface area contributed by atoms with Crippen LogP contribution in [0, 0.1) is 17.8 Å². The minimum Gasteiger partial charge on any atom is -0.481 e. The molecule has 0 aromatic carbocycles. The van der Waals surface area contributed by atoms with Crippen LogP contribution in [-0.4, -0.2) is 70.9 Å². The molecule has 6 atom stereocenters. The van der Waals surface area contributed by atoms with Crippen molar-refractivity contribution in [3.8, 4) is 0 Å². The third kappa shape index (κ3) is 6.81. The average Bonchev–Trinajstić information content (AvgIpc) is 3.30. The highest BCUT2D eigenvalue weighted by Crippen LogP contribution is 2.53. The number of carbonyl (C=O) groups is 6. The van der Waals surface area contributed by atoms with Crippen molar-refractivity contribution in [3.63, 3.8) is 0 Å². The van der Waals surface area contributed by atoms with E-state index in [2.05, 4.69) is 26.3 Å². The number of ether oxygens (including phenoxy) is 4. The smallest absolute Gasteiger partial charge is 0.337 e. The molecule has 0 amide bonds. The number of carboxylic acid groups (broad SMARTS) is 2. The van der Waals surface area contributed by atoms with Gasteiger partial charge in [0.2, 0.25) is 0 Å². The molecule has 0 radical (unpaired) electrons. The van der Waals surface area contributed by atoms with Crippen LogP contribution in [0.1, 0.15) is 38.5 Å². The summed E-state index contributed by atoms with van der Waals surface area (Å²) in [6, 6.07) is 0. The van der Waals surface area contributed by atoms with Crippen LogP contribution >= 0.6 is 0 Å². The zero-order valence-corrected chi connectivity index (χ0v) is 21.2. The van der Waals surface area contributed by atoms with Gasteiger partial charge in [0.05, 0.1) is 37.2 Å². The van der Waals surface area contributed by atoms with E-state index in [0.29, 0.717) is 11.1 Å². The number of carbonyl (C=O) groups excluding carboxylic acids is 4. The quantitative estimate of drug-likeness (QED) is 0.167. The van der Waals surface area contributed by atoms with Crippen LogP contribution in [0.15, 0.2) is 48.6 Å². The van der Waals surface area contributed by atoms with E-state index in [1.807, 2.05) is 0 Å². The van der Waals surface area contributed by atoms with Gasteiger partial charge in [-0.2, -0.15) is 0 Å². The maximum atomic E-state index is 12.8. The van der Waals surface area contributed by atoms with Crippen LogP contribution in [0.4, 0.5) is 0 Å². The van der Waals surface area contributed by atoms with E-state index in [9.17, 15) is 28.8 Å². The summed E-state index contributed by atoms with van der Waals surface area (Å²) < 4.78 is 21.7. The van der Waals surface area contributed by atoms with Gasteiger partial charge < -0.3 is 29.2 Å². The van der Waals surface area contributed by atoms with Gasteiger partial charge in [-0.15, -0.1) is 0 Å². The highest BCUT2D eigenvalue weighted by atomic mass is 16.6. The average molecular weight is 547 g/mol. The number of esters is 4. The maximum absolute atomic E-state index is 12.8. The molecule has 12 nitrogen and oxygen atoms in total. The molecule has 3 rings (SSSR count). The molecule has 0 spiro atoms. The van der Waals surface area contributed by atoms with Crippen molar-refractivity contribution in [2.75, 3.05) is 6.61 Å². The summed E-state index contributed by atoms with van der Waals surface area (Å²) in [4.78, 5) is 70.5. The minimum atomic E-state index is -1.17. The second kappa shape index (κ2) is 12.1. The summed E-state index contributed by atoms with van der Waals surface area (Å²) in [5, 5.41) is 17.4. The first kappa shape index (κ1) is 29.3. The predicted molar refractivity (Wildman–Crippen MR) is 131 cm³/mol. The molecule has 0 aromatic rings. The van der Waals surface area contributed by atoms with E-state index >= 15 is 0 Å². The molecular weight excluding hydrogens is 516 g/mol. The van der Waals surface area contributed by atoms with E-state index in [-0.39, 0.29) is 49.2 Å². The summed E-state index contributed by atoms with van der Waals surface area (Å²) in [5.74, 6) is -6.97. The van der Waals surface area contributed by atoms with Crippen LogP contribution in [0.3, 0.4) is 0 Å². The van der Waals surface area contributed by atoms with E-state index in [1.54, 1.807) is 0 Å². The molecular formula is C27H30O12. The van der Waals surface area contributed by atoms with Gasteiger partial charge >= 0.3 is 35.8 Å². The molecule has 2 aliphatic carbocycles. The fourth-order valence-electron chi connectivity index (χ4n) is 5.13. The second-order valence-corrected chi connectivity index (χ2v) is 9.70. The Kier molecular flexibility index (Phi) is 9.10. The van der Waals surface area contributed by atoms with E-state index in [1.165, 1.54) is 0 Å². The monoisotopic (exact) mass is 546 g/mol. The summed E-state index contributed by atoms with van der Waals surface area (Å²) in [7, 11) is 0. The Morgan fingerprint density at radius 2 is 1.51 bits per heavy atom. The normalized spacial score (nSPS) is 27.5. The fourth-order valence-corrected chi connectivity index (χ4v) is 5.13. The van der Waals surface area contributed by atoms with Crippen molar-refractivity contribution in [3.05, 3.63) is 48.6 Å². The molecule has 210 valence electrons. The Morgan fingerprint density at radius 3 is 2.13 bits per heavy atom. The van der Waals surface area contributed by atoms with Gasteiger partial charge in [-0.1, -0.05) is 31.9 Å². The molecule has 1 aliphatic heterocycles. The molecule has 3 fully saturated rings. The topological polar surface area (TPSA) is 180 Å². The first-order valence-corrected chi connectivity index (χ1v) is 12.2. The highest BCUT2D eigenvalue weighted by Gasteiger charge is 2.57. The van der Waals surface area contributed by atoms with Crippen molar-refractivity contribution < 1.29 is 57.9 Å². The van der Waals surface area contributed by atoms with Crippen LogP contribution < -0.4 is 0 Å². The first-order valence-electron chi connectivity index (χ1n) is 12.2. The van der Waals surface area contributed by atoms with Crippen molar-refractivity contribution in [2.24, 2.45) is 17.8 Å². The lowest BCUT2D eigenvalue weighted by molar-refractivity contribution is -0.152. The molecule has 2 saturated carbocycles. The van der Waals surface area contributed by atoms with Crippen LogP contribution in [-0.2, 0) is 47.7 Å². The summed E-state index contributed by atoms with van der Waals surface area (Å²) >= 11 is 0. The van der Waals surface area contributed by atoms with Crippen molar-refractivity contribution >= 4 is 35.8 Å². The molecule has 3 aliphatic rings. The van der Waals surface area contributed by atoms with Gasteiger partial charge in [0, 0.05) is 17.9 Å². The third-order valence-corrected chi connectivity index (χ3v) is 7.06. The SMILES string of the molecule is C=C(COC(=O)CCC(=O)O)C(=O)O[C@H]1CC(=C)[C@@H]2C[C@H](OC(=O)CCC(=O)O)C(=C)[C@@H]2[C@H]2OC(=O)C(=C)[C@@H]21. The lowest BCUT2D eigenvalue weighted by atomic mass is 9.81. The van der Waals surface area contributed by atoms with E-state index < -0.39 is 79.0 Å². The predicted octanol–water partition coefficient (Wildman–Crippen LogP) is 1.89. The van der Waals surface area contributed by atoms with Gasteiger partial charge in [-0.3, -0.25) is 19.2 Å². The molecule has 0 bridgehead atoms. The highest BCUT2D eigenvalue weighted by molar-refractivity contribution is 5.92. The largest absolute Gasteiger partial charge is 0.481 e. The van der Waals surface area contributed by atoms with Gasteiger partial charge in [-0.05, 0) is 17.9 Å². The summed E-state index contributed by atoms with van der Waals surface area (Å²) in [6.45, 7) is 15.1. The summed E-state index contributed by atoms with van der Waals surface area (Å²) in [5.41, 5.74) is 1.02. The number of aliphatic carboxylic acids is 2. The zero-order chi connectivity index (χ0) is 29.0. The standard InChI is InChI=1S/C27H30O12/c1-12-9-18(38-26(34)13(2)11-36-21(32)7-5-19(28)29)24-15(4)27(35)39-25(24)23-14(3)17(10-16(12)23)37-22(33)8-6-20(30)31/h16-18,23-25H,1-11H2,(H,28,29)(H,30,31)/t16-,17-,18-,23-,24+,25+/m0/s1. The number of fused-ring (bicyclic) bond motifs is 3. The maximum Gasteiger partial charge on any atom is 0.337 e. The van der Waals surface area contributed by atoms with Crippen LogP contribution in [0.5, 0.6) is 0 Å². The number of hydrogen-bond donors (Lipinski definition) is 2. The summed E-state index contributed by atoms with van der Waals surface area (Å²) in [6.07, 6.45) is -3.53. The fraction of sp³-hybridized carbons (Fsp3) is 0.481. The van der Waals surface area contributed by atoms with Gasteiger partial charge in [0.15, 0.2) is 0 Å². The minimum absolute atomic E-state index is 0.0895. The Labute approximate surface area is 223 Å². The molecule has 1 saturated heterocycles. The molecule has 39 heavy (non-hydrogen) atoms. The van der Waals surface area contributed by atoms with Crippen molar-refractivity contribution in [1.82, 2.24) is 0 Å². The van der Waals surface area contributed by atoms with Crippen LogP contribution in [0.25, 0.3) is 0 Å². The number of carboxylic acids is 2. The van der Waals surface area contributed by atoms with Gasteiger partial charge in [-0.25, -0.2) is 9.59 Å². The number of hydrogen-bond acceptors (Lipinski definition) is 10. The molecule has 12 heteroatoms. The zero-order valence-electron chi connectivity index (χ0n) is 21.2. The Morgan fingerprint density at radius 1 is 0.897 bits per heavy atom. The second-order valence-electron chi connectivity index (χ2n) is 9.70. The van der Waals surface area contributed by atoms with Crippen LogP contribution in [0.2, 0.25) is 0 Å². The van der Waals surface area contributed by atoms with Crippen molar-refractivity contribution in [1.29, 1.82) is 0 Å². The molecule has 0 unspecified atom stereocenters. The first-order chi connectivity index (χ1) is 18.3. The number of rotatable bonds is 11. The van der Waals surface area contributed by atoms with Crippen molar-refractivity contribution in [2.45, 2.75) is 56.8 Å². The molecule has 0 aromatic heterocycles. The lowest BCUT2D eigenvalue weighted by Crippen LogP contribution is -2.36. The Bertz CT molecular complexity index is 1150. The van der Waals surface area contributed by atoms with E-state index in [0.717, 1.165) is 0 Å². The van der Waals surface area contributed by atoms with Gasteiger partial charge in [0.1, 0.15) is 24.9 Å². The third-order valence-electron chi connectivity index (χ3n) is 7.06.